The number of aromatic nitrogens is 1. The van der Waals surface area contributed by atoms with E-state index in [1.54, 1.807) is 6.92 Å². The summed E-state index contributed by atoms with van der Waals surface area (Å²) in [5.41, 5.74) is 0.689. The van der Waals surface area contributed by atoms with Gasteiger partial charge in [-0.1, -0.05) is 19.9 Å². The van der Waals surface area contributed by atoms with Crippen LogP contribution in [0.25, 0.3) is 0 Å². The van der Waals surface area contributed by atoms with Crippen LogP contribution in [0.1, 0.15) is 39.8 Å². The highest BCUT2D eigenvalue weighted by atomic mass is 32.1. The van der Waals surface area contributed by atoms with Crippen LogP contribution in [0, 0.1) is 24.5 Å². The van der Waals surface area contributed by atoms with Gasteiger partial charge in [-0.25, -0.2) is 13.8 Å². The summed E-state index contributed by atoms with van der Waals surface area (Å²) in [6.45, 7) is 6.16. The van der Waals surface area contributed by atoms with Gasteiger partial charge in [-0.3, -0.25) is 4.79 Å². The second-order valence-electron chi connectivity index (χ2n) is 5.83. The highest BCUT2D eigenvalue weighted by Crippen LogP contribution is 2.20. The Morgan fingerprint density at radius 3 is 2.57 bits per heavy atom. The molecule has 2 rings (SSSR count). The summed E-state index contributed by atoms with van der Waals surface area (Å²) < 4.78 is 27.1. The van der Waals surface area contributed by atoms with Crippen LogP contribution in [0.5, 0.6) is 0 Å². The molecule has 1 N–H and O–H groups in total. The minimum atomic E-state index is -0.590. The summed E-state index contributed by atoms with van der Waals surface area (Å²) in [6.07, 6.45) is 0.945. The first-order chi connectivity index (χ1) is 10.9. The highest BCUT2D eigenvalue weighted by molar-refractivity contribution is 7.13. The maximum atomic E-state index is 13.5. The number of nitrogens with zero attached hydrogens (tertiary/aromatic N) is 1. The van der Waals surface area contributed by atoms with Crippen molar-refractivity contribution in [2.45, 2.75) is 33.6 Å². The van der Waals surface area contributed by atoms with Gasteiger partial charge in [-0.2, -0.15) is 0 Å². The number of halogens is 2. The third-order valence-electron chi connectivity index (χ3n) is 3.35. The second-order valence-corrected chi connectivity index (χ2v) is 6.91. The smallest absolute Gasteiger partial charge is 0.263 e. The lowest BCUT2D eigenvalue weighted by Gasteiger charge is -2.06. The van der Waals surface area contributed by atoms with E-state index in [4.69, 9.17) is 0 Å². The van der Waals surface area contributed by atoms with E-state index >= 15 is 0 Å². The third-order valence-corrected chi connectivity index (χ3v) is 4.53. The van der Waals surface area contributed by atoms with Gasteiger partial charge >= 0.3 is 0 Å². The molecule has 0 aliphatic heterocycles. The summed E-state index contributed by atoms with van der Waals surface area (Å²) in [7, 11) is 0. The molecule has 0 aliphatic rings. The first kappa shape index (κ1) is 17.5. The fourth-order valence-electron chi connectivity index (χ4n) is 2.25. The molecule has 3 nitrogen and oxygen atoms in total. The fourth-order valence-corrected chi connectivity index (χ4v) is 3.45. The maximum absolute atomic E-state index is 13.5. The molecule has 124 valence electrons. The maximum Gasteiger partial charge on any atom is 0.263 e. The zero-order valence-corrected chi connectivity index (χ0v) is 14.3. The number of nitrogens with one attached hydrogen (secondary N) is 1. The molecular formula is C17H20F2N2OS. The number of rotatable bonds is 6. The van der Waals surface area contributed by atoms with Crippen LogP contribution < -0.4 is 5.32 Å². The number of amides is 1. The van der Waals surface area contributed by atoms with Gasteiger partial charge in [0.1, 0.15) is 16.5 Å². The Bertz CT molecular complexity index is 678. The van der Waals surface area contributed by atoms with Crippen molar-refractivity contribution in [1.82, 2.24) is 10.3 Å². The molecule has 0 unspecified atom stereocenters. The van der Waals surface area contributed by atoms with Gasteiger partial charge in [0, 0.05) is 18.5 Å². The number of carbonyl (C=O) groups is 1. The molecule has 1 aromatic carbocycles. The van der Waals surface area contributed by atoms with Gasteiger partial charge in [-0.05, 0) is 31.4 Å². The Kier molecular flexibility index (Phi) is 5.82. The quantitative estimate of drug-likeness (QED) is 0.868. The van der Waals surface area contributed by atoms with Crippen molar-refractivity contribution in [2.24, 2.45) is 5.92 Å². The molecule has 1 heterocycles. The van der Waals surface area contributed by atoms with E-state index in [2.05, 4.69) is 24.1 Å². The van der Waals surface area contributed by atoms with Crippen molar-refractivity contribution in [3.63, 3.8) is 0 Å². The van der Waals surface area contributed by atoms with E-state index in [0.29, 0.717) is 16.5 Å². The summed E-state index contributed by atoms with van der Waals surface area (Å²) in [5.74, 6) is -0.952. The van der Waals surface area contributed by atoms with Gasteiger partial charge in [0.05, 0.1) is 10.7 Å². The standard InChI is InChI=1S/C17H20F2N2OS/c1-10(2)9-15-21-11(3)16(23-15)17(22)20-8-7-12-13(18)5-4-6-14(12)19/h4-6,10H,7-9H2,1-3H3,(H,20,22). The van der Waals surface area contributed by atoms with E-state index in [1.807, 2.05) is 0 Å². The SMILES string of the molecule is Cc1nc(CC(C)C)sc1C(=O)NCCc1c(F)cccc1F. The lowest BCUT2D eigenvalue weighted by atomic mass is 10.1. The Morgan fingerprint density at radius 1 is 1.30 bits per heavy atom. The monoisotopic (exact) mass is 338 g/mol. The molecule has 1 amide bonds. The van der Waals surface area contributed by atoms with Crippen LogP contribution in [0.2, 0.25) is 0 Å². The summed E-state index contributed by atoms with van der Waals surface area (Å²) in [6, 6.07) is 3.75. The van der Waals surface area contributed by atoms with E-state index in [9.17, 15) is 13.6 Å². The average molecular weight is 338 g/mol. The van der Waals surface area contributed by atoms with Crippen molar-refractivity contribution < 1.29 is 13.6 Å². The fraction of sp³-hybridized carbons (Fsp3) is 0.412. The summed E-state index contributed by atoms with van der Waals surface area (Å²) in [5, 5.41) is 3.64. The van der Waals surface area contributed by atoms with E-state index in [1.165, 1.54) is 29.5 Å². The van der Waals surface area contributed by atoms with E-state index in [0.717, 1.165) is 11.4 Å². The average Bonchev–Trinajstić information content (AvgIpc) is 2.81. The van der Waals surface area contributed by atoms with Gasteiger partial charge in [-0.15, -0.1) is 11.3 Å². The molecule has 0 spiro atoms. The Morgan fingerprint density at radius 2 is 1.96 bits per heavy atom. The molecule has 6 heteroatoms. The normalized spacial score (nSPS) is 11.0. The molecule has 2 aromatic rings. The molecule has 0 radical (unpaired) electrons. The van der Waals surface area contributed by atoms with Crippen LogP contribution in [0.3, 0.4) is 0 Å². The van der Waals surface area contributed by atoms with Crippen molar-refractivity contribution in [2.75, 3.05) is 6.54 Å². The van der Waals surface area contributed by atoms with Crippen LogP contribution in [0.15, 0.2) is 18.2 Å². The number of benzene rings is 1. The first-order valence-corrected chi connectivity index (χ1v) is 8.37. The second kappa shape index (κ2) is 7.64. The minimum Gasteiger partial charge on any atom is -0.351 e. The molecule has 0 aliphatic carbocycles. The summed E-state index contributed by atoms with van der Waals surface area (Å²) in [4.78, 5) is 17.2. The Hall–Kier alpha value is -1.82. The van der Waals surface area contributed by atoms with Crippen molar-refractivity contribution in [1.29, 1.82) is 0 Å². The molecular weight excluding hydrogens is 318 g/mol. The van der Waals surface area contributed by atoms with Gasteiger partial charge in [0.15, 0.2) is 0 Å². The molecule has 0 saturated carbocycles. The third kappa shape index (κ3) is 4.58. The largest absolute Gasteiger partial charge is 0.351 e. The lowest BCUT2D eigenvalue weighted by Crippen LogP contribution is -2.26. The van der Waals surface area contributed by atoms with E-state index in [-0.39, 0.29) is 24.4 Å². The minimum absolute atomic E-state index is 0.00526. The number of thiazole rings is 1. The number of carbonyl (C=O) groups excluding carboxylic acids is 1. The number of aryl methyl sites for hydroxylation is 1. The van der Waals surface area contributed by atoms with Gasteiger partial charge in [0.25, 0.3) is 5.91 Å². The highest BCUT2D eigenvalue weighted by Gasteiger charge is 2.16. The van der Waals surface area contributed by atoms with Crippen molar-refractivity contribution >= 4 is 17.2 Å². The Labute approximate surface area is 138 Å². The van der Waals surface area contributed by atoms with E-state index < -0.39 is 11.6 Å². The van der Waals surface area contributed by atoms with Crippen LogP contribution in [-0.2, 0) is 12.8 Å². The van der Waals surface area contributed by atoms with Gasteiger partial charge in [0.2, 0.25) is 0 Å². The van der Waals surface area contributed by atoms with Crippen molar-refractivity contribution in [3.8, 4) is 0 Å². The zero-order valence-electron chi connectivity index (χ0n) is 13.5. The van der Waals surface area contributed by atoms with Crippen molar-refractivity contribution in [3.05, 3.63) is 51.0 Å². The number of hydrogen-bond donors (Lipinski definition) is 1. The predicted octanol–water partition coefficient (Wildman–Crippen LogP) is 3.90. The first-order valence-electron chi connectivity index (χ1n) is 7.56. The molecule has 0 atom stereocenters. The molecule has 0 bridgehead atoms. The molecule has 0 saturated heterocycles. The molecule has 0 fully saturated rings. The van der Waals surface area contributed by atoms with Crippen LogP contribution in [0.4, 0.5) is 8.78 Å². The zero-order chi connectivity index (χ0) is 17.0. The molecule has 1 aromatic heterocycles. The van der Waals surface area contributed by atoms with Crippen LogP contribution >= 0.6 is 11.3 Å². The predicted molar refractivity (Wildman–Crippen MR) is 87.8 cm³/mol. The van der Waals surface area contributed by atoms with Crippen LogP contribution in [-0.4, -0.2) is 17.4 Å². The molecule has 23 heavy (non-hydrogen) atoms. The summed E-state index contributed by atoms with van der Waals surface area (Å²) >= 11 is 1.38. The topological polar surface area (TPSA) is 42.0 Å². The van der Waals surface area contributed by atoms with Gasteiger partial charge < -0.3 is 5.32 Å². The number of hydrogen-bond acceptors (Lipinski definition) is 3. The Balaban J connectivity index is 1.96. The lowest BCUT2D eigenvalue weighted by molar-refractivity contribution is 0.0957.